The SMILES string of the molecule is CC=CCCCCC(CC)C(=O)NC1CCCCC1. The van der Waals surface area contributed by atoms with Gasteiger partial charge in [0.05, 0.1) is 0 Å². The van der Waals surface area contributed by atoms with Crippen LogP contribution >= 0.6 is 0 Å². The molecule has 0 bridgehead atoms. The van der Waals surface area contributed by atoms with Gasteiger partial charge < -0.3 is 5.32 Å². The fourth-order valence-corrected chi connectivity index (χ4v) is 2.91. The minimum absolute atomic E-state index is 0.229. The Morgan fingerprint density at radius 1 is 1.26 bits per heavy atom. The molecule has 0 saturated heterocycles. The molecule has 0 heterocycles. The van der Waals surface area contributed by atoms with Crippen molar-refractivity contribution in [2.24, 2.45) is 5.92 Å². The van der Waals surface area contributed by atoms with Crippen molar-refractivity contribution < 1.29 is 4.79 Å². The van der Waals surface area contributed by atoms with Gasteiger partial charge in [-0.1, -0.05) is 44.8 Å². The summed E-state index contributed by atoms with van der Waals surface area (Å²) >= 11 is 0. The largest absolute Gasteiger partial charge is 0.353 e. The third-order valence-electron chi connectivity index (χ3n) is 4.22. The normalized spacial score (nSPS) is 18.6. The molecule has 2 heteroatoms. The van der Waals surface area contributed by atoms with Gasteiger partial charge in [0.1, 0.15) is 0 Å². The highest BCUT2D eigenvalue weighted by Crippen LogP contribution is 2.19. The molecule has 0 aromatic rings. The Balaban J connectivity index is 2.22. The first-order valence-corrected chi connectivity index (χ1v) is 8.19. The zero-order valence-corrected chi connectivity index (χ0v) is 12.8. The van der Waals surface area contributed by atoms with Crippen LogP contribution in [-0.4, -0.2) is 11.9 Å². The number of hydrogen-bond acceptors (Lipinski definition) is 1. The topological polar surface area (TPSA) is 29.1 Å². The zero-order chi connectivity index (χ0) is 13.9. The van der Waals surface area contributed by atoms with E-state index in [1.807, 2.05) is 0 Å². The molecule has 1 saturated carbocycles. The first-order valence-electron chi connectivity index (χ1n) is 8.19. The van der Waals surface area contributed by atoms with Gasteiger partial charge in [0.25, 0.3) is 0 Å². The van der Waals surface area contributed by atoms with E-state index < -0.39 is 0 Å². The lowest BCUT2D eigenvalue weighted by Crippen LogP contribution is -2.39. The van der Waals surface area contributed by atoms with Gasteiger partial charge in [0.2, 0.25) is 5.91 Å². The first-order chi connectivity index (χ1) is 9.27. The Hall–Kier alpha value is -0.790. The maximum absolute atomic E-state index is 12.2. The lowest BCUT2D eigenvalue weighted by Gasteiger charge is -2.25. The van der Waals surface area contributed by atoms with Crippen LogP contribution in [0.4, 0.5) is 0 Å². The van der Waals surface area contributed by atoms with E-state index in [0.717, 1.165) is 19.3 Å². The first kappa shape index (κ1) is 16.3. The van der Waals surface area contributed by atoms with Gasteiger partial charge in [-0.25, -0.2) is 0 Å². The van der Waals surface area contributed by atoms with Crippen LogP contribution in [0.1, 0.15) is 78.1 Å². The second kappa shape index (κ2) is 10.1. The Labute approximate surface area is 119 Å². The average molecular weight is 265 g/mol. The van der Waals surface area contributed by atoms with Crippen LogP contribution in [0.2, 0.25) is 0 Å². The summed E-state index contributed by atoms with van der Waals surface area (Å²) in [5.41, 5.74) is 0. The van der Waals surface area contributed by atoms with Crippen LogP contribution < -0.4 is 5.32 Å². The van der Waals surface area contributed by atoms with Gasteiger partial charge in [-0.2, -0.15) is 0 Å². The monoisotopic (exact) mass is 265 g/mol. The van der Waals surface area contributed by atoms with Crippen molar-refractivity contribution >= 4 is 5.91 Å². The average Bonchev–Trinajstić information content (AvgIpc) is 2.44. The molecule has 110 valence electrons. The quantitative estimate of drug-likeness (QED) is 0.504. The number of rotatable bonds is 8. The van der Waals surface area contributed by atoms with Crippen molar-refractivity contribution in [1.29, 1.82) is 0 Å². The molecule has 2 nitrogen and oxygen atoms in total. The van der Waals surface area contributed by atoms with E-state index in [1.165, 1.54) is 44.9 Å². The molecule has 0 radical (unpaired) electrons. The maximum atomic E-state index is 12.2. The highest BCUT2D eigenvalue weighted by Gasteiger charge is 2.20. The Morgan fingerprint density at radius 3 is 2.63 bits per heavy atom. The fraction of sp³-hybridized carbons (Fsp3) is 0.824. The third-order valence-corrected chi connectivity index (χ3v) is 4.22. The molecule has 1 rings (SSSR count). The number of hydrogen-bond donors (Lipinski definition) is 1. The standard InChI is InChI=1S/C17H31NO/c1-3-5-6-7-9-12-15(4-2)17(19)18-16-13-10-8-11-14-16/h3,5,15-16H,4,6-14H2,1-2H3,(H,18,19). The Kier molecular flexibility index (Phi) is 8.61. The predicted octanol–water partition coefficient (Wildman–Crippen LogP) is 4.60. The van der Waals surface area contributed by atoms with Crippen molar-refractivity contribution in [3.8, 4) is 0 Å². The molecule has 0 spiro atoms. The summed E-state index contributed by atoms with van der Waals surface area (Å²) in [5.74, 6) is 0.535. The highest BCUT2D eigenvalue weighted by molar-refractivity contribution is 5.78. The van der Waals surface area contributed by atoms with E-state index in [4.69, 9.17) is 0 Å². The molecule has 1 fully saturated rings. The van der Waals surface area contributed by atoms with Crippen LogP contribution in [0.3, 0.4) is 0 Å². The number of nitrogens with one attached hydrogen (secondary N) is 1. The third kappa shape index (κ3) is 6.79. The van der Waals surface area contributed by atoms with Crippen LogP contribution in [0.25, 0.3) is 0 Å². The Morgan fingerprint density at radius 2 is 2.00 bits per heavy atom. The molecule has 0 aromatic heterocycles. The molecule has 1 atom stereocenters. The smallest absolute Gasteiger partial charge is 0.223 e. The molecule has 0 aromatic carbocycles. The minimum Gasteiger partial charge on any atom is -0.353 e. The number of carbonyl (C=O) groups excluding carboxylic acids is 1. The maximum Gasteiger partial charge on any atom is 0.223 e. The fourth-order valence-electron chi connectivity index (χ4n) is 2.91. The summed E-state index contributed by atoms with van der Waals surface area (Å²) in [5, 5.41) is 3.27. The van der Waals surface area contributed by atoms with E-state index in [9.17, 15) is 4.79 Å². The van der Waals surface area contributed by atoms with Crippen molar-refractivity contribution in [2.75, 3.05) is 0 Å². The molecule has 1 amide bonds. The summed E-state index contributed by atoms with van der Waals surface area (Å²) in [7, 11) is 0. The van der Waals surface area contributed by atoms with Crippen molar-refractivity contribution in [3.63, 3.8) is 0 Å². The van der Waals surface area contributed by atoms with Gasteiger partial charge in [-0.15, -0.1) is 0 Å². The molecule has 1 N–H and O–H groups in total. The predicted molar refractivity (Wildman–Crippen MR) is 82.1 cm³/mol. The van der Waals surface area contributed by atoms with Crippen LogP contribution in [0.15, 0.2) is 12.2 Å². The number of carbonyl (C=O) groups is 1. The zero-order valence-electron chi connectivity index (χ0n) is 12.8. The van der Waals surface area contributed by atoms with E-state index in [1.54, 1.807) is 0 Å². The second-order valence-corrected chi connectivity index (χ2v) is 5.80. The summed E-state index contributed by atoms with van der Waals surface area (Å²) < 4.78 is 0. The number of unbranched alkanes of at least 4 members (excludes halogenated alkanes) is 2. The summed E-state index contributed by atoms with van der Waals surface area (Å²) in [6.45, 7) is 4.20. The van der Waals surface area contributed by atoms with Gasteiger partial charge in [0, 0.05) is 12.0 Å². The van der Waals surface area contributed by atoms with E-state index in [0.29, 0.717) is 11.9 Å². The van der Waals surface area contributed by atoms with E-state index >= 15 is 0 Å². The van der Waals surface area contributed by atoms with Crippen LogP contribution in [0.5, 0.6) is 0 Å². The van der Waals surface area contributed by atoms with Gasteiger partial charge in [0.15, 0.2) is 0 Å². The van der Waals surface area contributed by atoms with Gasteiger partial charge >= 0.3 is 0 Å². The van der Waals surface area contributed by atoms with Crippen LogP contribution in [0, 0.1) is 5.92 Å². The molecule has 1 unspecified atom stereocenters. The van der Waals surface area contributed by atoms with Crippen molar-refractivity contribution in [2.45, 2.75) is 84.1 Å². The number of amides is 1. The van der Waals surface area contributed by atoms with Crippen molar-refractivity contribution in [3.05, 3.63) is 12.2 Å². The molecule has 0 aliphatic heterocycles. The lowest BCUT2D eigenvalue weighted by molar-refractivity contribution is -0.126. The van der Waals surface area contributed by atoms with Crippen molar-refractivity contribution in [1.82, 2.24) is 5.32 Å². The van der Waals surface area contributed by atoms with E-state index in [2.05, 4.69) is 31.3 Å². The number of allylic oxidation sites excluding steroid dienone is 2. The molecular weight excluding hydrogens is 234 g/mol. The van der Waals surface area contributed by atoms with E-state index in [-0.39, 0.29) is 5.92 Å². The molecule has 1 aliphatic rings. The molecular formula is C17H31NO. The highest BCUT2D eigenvalue weighted by atomic mass is 16.1. The van der Waals surface area contributed by atoms with Gasteiger partial charge in [-0.05, 0) is 45.4 Å². The summed E-state index contributed by atoms with van der Waals surface area (Å²) in [6, 6.07) is 0.457. The lowest BCUT2D eigenvalue weighted by atomic mass is 9.93. The van der Waals surface area contributed by atoms with Crippen LogP contribution in [-0.2, 0) is 4.79 Å². The minimum atomic E-state index is 0.229. The molecule has 19 heavy (non-hydrogen) atoms. The summed E-state index contributed by atoms with van der Waals surface area (Å²) in [4.78, 5) is 12.2. The second-order valence-electron chi connectivity index (χ2n) is 5.80. The van der Waals surface area contributed by atoms with Gasteiger partial charge in [-0.3, -0.25) is 4.79 Å². The summed E-state index contributed by atoms with van der Waals surface area (Å²) in [6.07, 6.45) is 16.1. The molecule has 1 aliphatic carbocycles. The Bertz CT molecular complexity index is 266.